The van der Waals surface area contributed by atoms with Crippen LogP contribution in [0.2, 0.25) is 0 Å². The van der Waals surface area contributed by atoms with Crippen LogP contribution in [0.1, 0.15) is 26.2 Å². The van der Waals surface area contributed by atoms with Crippen molar-refractivity contribution < 1.29 is 14.3 Å². The van der Waals surface area contributed by atoms with E-state index in [1.54, 1.807) is 0 Å². The smallest absolute Gasteiger partial charge is 0.222 e. The van der Waals surface area contributed by atoms with Crippen molar-refractivity contribution in [1.29, 1.82) is 0 Å². The summed E-state index contributed by atoms with van der Waals surface area (Å²) in [4.78, 5) is 13.4. The Balaban J connectivity index is 1.78. The second-order valence-corrected chi connectivity index (χ2v) is 4.18. The number of likely N-dealkylation sites (tertiary alicyclic amines) is 1. The molecule has 0 N–H and O–H groups in total. The first-order chi connectivity index (χ1) is 7.31. The minimum atomic E-state index is -0.0103. The second-order valence-electron chi connectivity index (χ2n) is 4.18. The van der Waals surface area contributed by atoms with E-state index >= 15 is 0 Å². The summed E-state index contributed by atoms with van der Waals surface area (Å²) in [7, 11) is 0. The Kier molecular flexibility index (Phi) is 3.59. The van der Waals surface area contributed by atoms with Gasteiger partial charge in [-0.1, -0.05) is 6.92 Å². The van der Waals surface area contributed by atoms with Gasteiger partial charge in [0.2, 0.25) is 5.91 Å². The molecule has 0 unspecified atom stereocenters. The van der Waals surface area contributed by atoms with Gasteiger partial charge in [-0.2, -0.15) is 0 Å². The lowest BCUT2D eigenvalue weighted by Crippen LogP contribution is -2.41. The third-order valence-corrected chi connectivity index (χ3v) is 3.23. The number of hydrogen-bond acceptors (Lipinski definition) is 3. The molecule has 15 heavy (non-hydrogen) atoms. The summed E-state index contributed by atoms with van der Waals surface area (Å²) in [5.74, 6) is 0.745. The van der Waals surface area contributed by atoms with Crippen LogP contribution >= 0.6 is 0 Å². The molecule has 0 aliphatic carbocycles. The Bertz CT molecular complexity index is 218. The fourth-order valence-corrected chi connectivity index (χ4v) is 2.29. The molecule has 0 aromatic rings. The Morgan fingerprint density at radius 2 is 1.87 bits per heavy atom. The van der Waals surface area contributed by atoms with Gasteiger partial charge in [-0.15, -0.1) is 0 Å². The van der Waals surface area contributed by atoms with Gasteiger partial charge < -0.3 is 14.4 Å². The van der Waals surface area contributed by atoms with Crippen LogP contribution in [0.5, 0.6) is 0 Å². The van der Waals surface area contributed by atoms with E-state index in [2.05, 4.69) is 0 Å². The SMILES string of the molecule is CCC(=O)N1CCC(C2OCCO2)CC1. The van der Waals surface area contributed by atoms with Gasteiger partial charge in [0.05, 0.1) is 13.2 Å². The number of hydrogen-bond donors (Lipinski definition) is 0. The molecule has 2 rings (SSSR count). The molecule has 0 atom stereocenters. The Morgan fingerprint density at radius 3 is 2.40 bits per heavy atom. The molecular formula is C11H19NO3. The van der Waals surface area contributed by atoms with Crippen molar-refractivity contribution in [3.05, 3.63) is 0 Å². The topological polar surface area (TPSA) is 38.8 Å². The maximum Gasteiger partial charge on any atom is 0.222 e. The molecule has 0 spiro atoms. The molecule has 4 nitrogen and oxygen atoms in total. The fraction of sp³-hybridized carbons (Fsp3) is 0.909. The number of nitrogens with zero attached hydrogens (tertiary/aromatic N) is 1. The molecule has 86 valence electrons. The van der Waals surface area contributed by atoms with E-state index in [-0.39, 0.29) is 12.2 Å². The highest BCUT2D eigenvalue weighted by Crippen LogP contribution is 2.25. The largest absolute Gasteiger partial charge is 0.350 e. The number of carbonyl (C=O) groups is 1. The molecule has 0 aromatic carbocycles. The van der Waals surface area contributed by atoms with Crippen LogP contribution in [0, 0.1) is 5.92 Å². The van der Waals surface area contributed by atoms with Gasteiger partial charge in [-0.3, -0.25) is 4.79 Å². The molecule has 0 aromatic heterocycles. The van der Waals surface area contributed by atoms with Crippen LogP contribution in [-0.2, 0) is 14.3 Å². The Morgan fingerprint density at radius 1 is 1.27 bits per heavy atom. The number of carbonyl (C=O) groups excluding carboxylic acids is 1. The van der Waals surface area contributed by atoms with Crippen LogP contribution in [-0.4, -0.2) is 43.4 Å². The maximum atomic E-state index is 11.5. The van der Waals surface area contributed by atoms with Crippen LogP contribution < -0.4 is 0 Å². The predicted octanol–water partition coefficient (Wildman–Crippen LogP) is 1.01. The highest BCUT2D eigenvalue weighted by Gasteiger charge is 2.31. The lowest BCUT2D eigenvalue weighted by molar-refractivity contribution is -0.136. The summed E-state index contributed by atoms with van der Waals surface area (Å²) < 4.78 is 11.0. The summed E-state index contributed by atoms with van der Waals surface area (Å²) in [6.45, 7) is 5.08. The molecule has 2 aliphatic heterocycles. The standard InChI is InChI=1S/C11H19NO3/c1-2-10(13)12-5-3-9(4-6-12)11-14-7-8-15-11/h9,11H,2-8H2,1H3. The zero-order valence-electron chi connectivity index (χ0n) is 9.28. The van der Waals surface area contributed by atoms with Gasteiger partial charge in [0.25, 0.3) is 0 Å². The van der Waals surface area contributed by atoms with E-state index in [4.69, 9.17) is 9.47 Å². The van der Waals surface area contributed by atoms with Crippen molar-refractivity contribution in [2.75, 3.05) is 26.3 Å². The van der Waals surface area contributed by atoms with Crippen LogP contribution in [0.25, 0.3) is 0 Å². The summed E-state index contributed by atoms with van der Waals surface area (Å²) in [6, 6.07) is 0. The predicted molar refractivity (Wildman–Crippen MR) is 55.3 cm³/mol. The average Bonchev–Trinajstić information content (AvgIpc) is 2.82. The van der Waals surface area contributed by atoms with Gasteiger partial charge in [-0.05, 0) is 12.8 Å². The first-order valence-electron chi connectivity index (χ1n) is 5.82. The molecule has 2 aliphatic rings. The first kappa shape index (κ1) is 10.9. The molecule has 0 radical (unpaired) electrons. The third-order valence-electron chi connectivity index (χ3n) is 3.23. The third kappa shape index (κ3) is 2.49. The van der Waals surface area contributed by atoms with Crippen molar-refractivity contribution in [2.45, 2.75) is 32.5 Å². The van der Waals surface area contributed by atoms with Crippen molar-refractivity contribution in [2.24, 2.45) is 5.92 Å². The monoisotopic (exact) mass is 213 g/mol. The molecule has 0 bridgehead atoms. The molecule has 4 heteroatoms. The van der Waals surface area contributed by atoms with Gasteiger partial charge in [-0.25, -0.2) is 0 Å². The van der Waals surface area contributed by atoms with Gasteiger partial charge in [0, 0.05) is 25.4 Å². The minimum Gasteiger partial charge on any atom is -0.350 e. The summed E-state index contributed by atoms with van der Waals surface area (Å²) in [5, 5.41) is 0. The van der Waals surface area contributed by atoms with Gasteiger partial charge in [0.15, 0.2) is 6.29 Å². The van der Waals surface area contributed by atoms with Crippen molar-refractivity contribution in [3.63, 3.8) is 0 Å². The van der Waals surface area contributed by atoms with Crippen molar-refractivity contribution in [3.8, 4) is 0 Å². The highest BCUT2D eigenvalue weighted by molar-refractivity contribution is 5.75. The van der Waals surface area contributed by atoms with Gasteiger partial charge in [0.1, 0.15) is 0 Å². The Labute approximate surface area is 90.5 Å². The van der Waals surface area contributed by atoms with E-state index in [1.165, 1.54) is 0 Å². The molecule has 1 amide bonds. The van der Waals surface area contributed by atoms with Crippen molar-refractivity contribution in [1.82, 2.24) is 4.90 Å². The lowest BCUT2D eigenvalue weighted by Gasteiger charge is -2.33. The van der Waals surface area contributed by atoms with Crippen LogP contribution in [0.3, 0.4) is 0 Å². The zero-order chi connectivity index (χ0) is 10.7. The van der Waals surface area contributed by atoms with E-state index in [1.807, 2.05) is 11.8 Å². The number of piperidine rings is 1. The highest BCUT2D eigenvalue weighted by atomic mass is 16.7. The van der Waals surface area contributed by atoms with Gasteiger partial charge >= 0.3 is 0 Å². The summed E-state index contributed by atoms with van der Waals surface area (Å²) in [6.07, 6.45) is 2.62. The average molecular weight is 213 g/mol. The van der Waals surface area contributed by atoms with E-state index in [0.717, 1.165) is 39.1 Å². The fourth-order valence-electron chi connectivity index (χ4n) is 2.29. The molecule has 0 saturated carbocycles. The number of ether oxygens (including phenoxy) is 2. The zero-order valence-corrected chi connectivity index (χ0v) is 9.28. The maximum absolute atomic E-state index is 11.5. The number of amides is 1. The summed E-state index contributed by atoms with van der Waals surface area (Å²) >= 11 is 0. The van der Waals surface area contributed by atoms with E-state index in [9.17, 15) is 4.79 Å². The normalized spacial score (nSPS) is 24.7. The minimum absolute atomic E-state index is 0.0103. The quantitative estimate of drug-likeness (QED) is 0.687. The first-order valence-corrected chi connectivity index (χ1v) is 5.82. The molecule has 2 fully saturated rings. The van der Waals surface area contributed by atoms with E-state index in [0.29, 0.717) is 12.3 Å². The van der Waals surface area contributed by atoms with E-state index < -0.39 is 0 Å². The van der Waals surface area contributed by atoms with Crippen LogP contribution in [0.4, 0.5) is 0 Å². The summed E-state index contributed by atoms with van der Waals surface area (Å²) in [5.41, 5.74) is 0. The molecule has 2 saturated heterocycles. The van der Waals surface area contributed by atoms with Crippen LogP contribution in [0.15, 0.2) is 0 Å². The second kappa shape index (κ2) is 4.94. The number of rotatable bonds is 2. The Hall–Kier alpha value is -0.610. The lowest BCUT2D eigenvalue weighted by atomic mass is 9.96. The molecular weight excluding hydrogens is 194 g/mol. The van der Waals surface area contributed by atoms with Crippen molar-refractivity contribution >= 4 is 5.91 Å². The molecule has 2 heterocycles.